The summed E-state index contributed by atoms with van der Waals surface area (Å²) >= 11 is 0. The van der Waals surface area contributed by atoms with Gasteiger partial charge in [0.2, 0.25) is 0 Å². The van der Waals surface area contributed by atoms with Gasteiger partial charge in [0.25, 0.3) is 0 Å². The number of piperidine rings is 1. The summed E-state index contributed by atoms with van der Waals surface area (Å²) in [6.07, 6.45) is -0.209. The first-order chi connectivity index (χ1) is 19.0. The zero-order chi connectivity index (χ0) is 28.9. The Morgan fingerprint density at radius 2 is 1.78 bits per heavy atom. The summed E-state index contributed by atoms with van der Waals surface area (Å²) < 4.78 is 50.7. The Hall–Kier alpha value is -2.59. The highest BCUT2D eigenvalue weighted by molar-refractivity contribution is 7.59. The predicted octanol–water partition coefficient (Wildman–Crippen LogP) is 6.92. The number of carboxylic acids is 1. The van der Waals surface area contributed by atoms with Gasteiger partial charge in [0.15, 0.2) is 0 Å². The Labute approximate surface area is 248 Å². The summed E-state index contributed by atoms with van der Waals surface area (Å²) in [7, 11) is 1.59. The molecule has 2 aromatic rings. The monoisotopic (exact) mass is 596 g/mol. The van der Waals surface area contributed by atoms with E-state index in [1.807, 2.05) is 56.3 Å². The van der Waals surface area contributed by atoms with E-state index in [4.69, 9.17) is 9.47 Å². The quantitative estimate of drug-likeness (QED) is 0.262. The third-order valence-electron chi connectivity index (χ3n) is 8.07. The Morgan fingerprint density at radius 1 is 1.07 bits per heavy atom. The number of carbonyl (C=O) groups is 1. The van der Waals surface area contributed by atoms with Crippen molar-refractivity contribution in [3.63, 3.8) is 0 Å². The zero-order valence-electron chi connectivity index (χ0n) is 24.0. The van der Waals surface area contributed by atoms with Crippen LogP contribution in [0, 0.1) is 17.8 Å². The number of hydrogen-bond donors (Lipinski definition) is 2. The van der Waals surface area contributed by atoms with Gasteiger partial charge in [0.05, 0.1) is 26.7 Å². The van der Waals surface area contributed by atoms with E-state index < -0.39 is 24.7 Å². The second-order valence-corrected chi connectivity index (χ2v) is 11.5. The van der Waals surface area contributed by atoms with E-state index in [-0.39, 0.29) is 31.8 Å². The van der Waals surface area contributed by atoms with Crippen molar-refractivity contribution in [2.45, 2.75) is 64.1 Å². The summed E-state index contributed by atoms with van der Waals surface area (Å²) in [5.41, 5.74) is 2.78. The van der Waals surface area contributed by atoms with Crippen LogP contribution in [0.2, 0.25) is 0 Å². The number of ether oxygens (including phenoxy) is 2. The number of alkyl halides is 3. The summed E-state index contributed by atoms with van der Waals surface area (Å²) in [5.74, 6) is 1.45. The Morgan fingerprint density at radius 3 is 2.37 bits per heavy atom. The molecule has 1 saturated carbocycles. The molecule has 2 fully saturated rings. The number of benzene rings is 2. The smallest absolute Gasteiger partial charge is 0.401 e. The Kier molecular flexibility index (Phi) is 11.7. The fourth-order valence-corrected chi connectivity index (χ4v) is 5.75. The maximum Gasteiger partial charge on any atom is 0.401 e. The summed E-state index contributed by atoms with van der Waals surface area (Å²) in [6.45, 7) is 4.91. The van der Waals surface area contributed by atoms with E-state index in [0.717, 1.165) is 61.3 Å². The lowest BCUT2D eigenvalue weighted by molar-refractivity contribution is -0.137. The van der Waals surface area contributed by atoms with Crippen molar-refractivity contribution in [1.82, 2.24) is 5.32 Å². The number of carboxylic acid groups (broad SMARTS) is 1. The van der Waals surface area contributed by atoms with Crippen LogP contribution >= 0.6 is 13.5 Å². The highest BCUT2D eigenvalue weighted by Crippen LogP contribution is 2.45. The van der Waals surface area contributed by atoms with Crippen molar-refractivity contribution in [3.8, 4) is 11.5 Å². The molecule has 0 spiro atoms. The molecule has 228 valence electrons. The van der Waals surface area contributed by atoms with Crippen molar-refractivity contribution in [2.24, 2.45) is 17.8 Å². The fraction of sp³-hybridized carbons (Fsp3) is 0.581. The van der Waals surface area contributed by atoms with E-state index >= 15 is 0 Å². The Bertz CT molecular complexity index is 1130. The SMILES string of the molecule is COc1ccc(C(NCC(F)(F)F)C(C)C)c(N2CCC(COc3cccc([C@@H](CC(=O)O)C4CC4)c3)CC2)c1.S. The number of nitrogens with zero attached hydrogens (tertiary/aromatic N) is 1. The van der Waals surface area contributed by atoms with Gasteiger partial charge < -0.3 is 24.8 Å². The number of anilines is 1. The van der Waals surface area contributed by atoms with Crippen LogP contribution in [-0.2, 0) is 4.79 Å². The molecule has 0 radical (unpaired) electrons. The van der Waals surface area contributed by atoms with Gasteiger partial charge in [-0.2, -0.15) is 26.7 Å². The van der Waals surface area contributed by atoms with Crippen LogP contribution in [-0.4, -0.2) is 50.6 Å². The molecule has 2 aliphatic rings. The van der Waals surface area contributed by atoms with Crippen molar-refractivity contribution in [3.05, 3.63) is 53.6 Å². The largest absolute Gasteiger partial charge is 0.497 e. The van der Waals surface area contributed by atoms with Crippen molar-refractivity contribution < 1.29 is 32.5 Å². The molecule has 41 heavy (non-hydrogen) atoms. The van der Waals surface area contributed by atoms with Gasteiger partial charge in [-0.05, 0) is 78.7 Å². The standard InChI is InChI=1S/C31H41F3N2O4.H2S/c1-20(2)30(35-19-31(32,33)34)26-10-9-24(39-3)16-28(26)36-13-11-21(12-14-36)18-40-25-6-4-5-23(15-25)27(17-29(37)38)22-7-8-22;/h4-6,9-10,15-16,20-22,27,30,35H,7-8,11-14,17-19H2,1-3H3,(H,37,38);1H2/t27-,30?;/m0./s1. The maximum absolute atomic E-state index is 13.0. The predicted molar refractivity (Wildman–Crippen MR) is 160 cm³/mol. The van der Waals surface area contributed by atoms with Gasteiger partial charge in [0.1, 0.15) is 11.5 Å². The number of rotatable bonds is 13. The topological polar surface area (TPSA) is 71.0 Å². The van der Waals surface area contributed by atoms with Crippen LogP contribution in [0.4, 0.5) is 18.9 Å². The highest BCUT2D eigenvalue weighted by Gasteiger charge is 2.34. The number of nitrogens with one attached hydrogen (secondary N) is 1. The molecule has 10 heteroatoms. The molecule has 4 rings (SSSR count). The average Bonchev–Trinajstić information content (AvgIpc) is 3.76. The number of aliphatic carboxylic acids is 1. The van der Waals surface area contributed by atoms with Crippen LogP contribution in [0.3, 0.4) is 0 Å². The van der Waals surface area contributed by atoms with E-state index in [2.05, 4.69) is 10.2 Å². The van der Waals surface area contributed by atoms with Gasteiger partial charge >= 0.3 is 12.1 Å². The van der Waals surface area contributed by atoms with E-state index in [1.165, 1.54) is 0 Å². The minimum Gasteiger partial charge on any atom is -0.497 e. The summed E-state index contributed by atoms with van der Waals surface area (Å²) in [5, 5.41) is 12.1. The first kappa shape index (κ1) is 32.9. The van der Waals surface area contributed by atoms with Crippen molar-refractivity contribution >= 4 is 25.2 Å². The van der Waals surface area contributed by atoms with E-state index in [0.29, 0.717) is 24.2 Å². The summed E-state index contributed by atoms with van der Waals surface area (Å²) in [6, 6.07) is 13.0. The van der Waals surface area contributed by atoms with Crippen LogP contribution in [0.25, 0.3) is 0 Å². The fourth-order valence-electron chi connectivity index (χ4n) is 5.75. The van der Waals surface area contributed by atoms with Gasteiger partial charge in [0, 0.05) is 30.9 Å². The lowest BCUT2D eigenvalue weighted by Gasteiger charge is -2.37. The molecule has 1 unspecified atom stereocenters. The number of halogens is 3. The molecule has 6 nitrogen and oxygen atoms in total. The number of methoxy groups -OCH3 is 1. The normalized spacial score (nSPS) is 17.6. The van der Waals surface area contributed by atoms with Crippen LogP contribution in [0.15, 0.2) is 42.5 Å². The molecule has 1 saturated heterocycles. The van der Waals surface area contributed by atoms with Crippen LogP contribution in [0.5, 0.6) is 11.5 Å². The minimum atomic E-state index is -4.29. The molecule has 0 amide bonds. The second-order valence-electron chi connectivity index (χ2n) is 11.5. The van der Waals surface area contributed by atoms with Crippen molar-refractivity contribution in [1.29, 1.82) is 0 Å². The van der Waals surface area contributed by atoms with Gasteiger partial charge in [-0.3, -0.25) is 4.79 Å². The molecule has 1 aliphatic heterocycles. The van der Waals surface area contributed by atoms with E-state index in [1.54, 1.807) is 7.11 Å². The first-order valence-corrected chi connectivity index (χ1v) is 14.2. The molecule has 0 aromatic heterocycles. The molecule has 2 aromatic carbocycles. The highest BCUT2D eigenvalue weighted by atomic mass is 32.1. The van der Waals surface area contributed by atoms with Crippen LogP contribution in [0.1, 0.15) is 69.0 Å². The first-order valence-electron chi connectivity index (χ1n) is 14.2. The molecule has 2 atom stereocenters. The zero-order valence-corrected chi connectivity index (χ0v) is 25.0. The van der Waals surface area contributed by atoms with E-state index in [9.17, 15) is 23.1 Å². The van der Waals surface area contributed by atoms with Crippen LogP contribution < -0.4 is 19.7 Å². The molecule has 1 heterocycles. The summed E-state index contributed by atoms with van der Waals surface area (Å²) in [4.78, 5) is 13.6. The van der Waals surface area contributed by atoms with Gasteiger partial charge in [-0.15, -0.1) is 0 Å². The maximum atomic E-state index is 13.0. The third-order valence-corrected chi connectivity index (χ3v) is 8.07. The molecule has 0 bridgehead atoms. The lowest BCUT2D eigenvalue weighted by atomic mass is 9.91. The molecule has 2 N–H and O–H groups in total. The van der Waals surface area contributed by atoms with Gasteiger partial charge in [-0.25, -0.2) is 0 Å². The van der Waals surface area contributed by atoms with Crippen molar-refractivity contribution in [2.75, 3.05) is 38.3 Å². The molecule has 1 aliphatic carbocycles. The third kappa shape index (κ3) is 9.46. The number of hydrogen-bond acceptors (Lipinski definition) is 5. The second kappa shape index (κ2) is 14.5. The van der Waals surface area contributed by atoms with Gasteiger partial charge in [-0.1, -0.05) is 32.0 Å². The molecular weight excluding hydrogens is 553 g/mol. The lowest BCUT2D eigenvalue weighted by Crippen LogP contribution is -2.38. The Balaban J connectivity index is 0.00000462. The molecular formula is C31H43F3N2O4S. The minimum absolute atomic E-state index is 0. The average molecular weight is 597 g/mol.